The van der Waals surface area contributed by atoms with Crippen molar-refractivity contribution < 1.29 is 0 Å². The lowest BCUT2D eigenvalue weighted by Crippen LogP contribution is -2.13. The quantitative estimate of drug-likeness (QED) is 0.789. The molecule has 0 saturated carbocycles. The Labute approximate surface area is 118 Å². The average Bonchev–Trinajstić information content (AvgIpc) is 2.53. The zero-order chi connectivity index (χ0) is 13.9. The molecular formula is C17H17N3. The Hall–Kier alpha value is -2.26. The van der Waals surface area contributed by atoms with Gasteiger partial charge in [-0.3, -0.25) is 9.97 Å². The molecule has 1 unspecified atom stereocenters. The summed E-state index contributed by atoms with van der Waals surface area (Å²) in [4.78, 5) is 8.76. The van der Waals surface area contributed by atoms with E-state index < -0.39 is 0 Å². The van der Waals surface area contributed by atoms with Gasteiger partial charge in [0.25, 0.3) is 0 Å². The first-order valence-electron chi connectivity index (χ1n) is 6.83. The lowest BCUT2D eigenvalue weighted by molar-refractivity contribution is 0.872. The highest BCUT2D eigenvalue weighted by Gasteiger charge is 2.13. The first-order chi connectivity index (χ1) is 9.79. The van der Waals surface area contributed by atoms with E-state index in [1.165, 1.54) is 5.56 Å². The summed E-state index contributed by atoms with van der Waals surface area (Å²) < 4.78 is 0. The van der Waals surface area contributed by atoms with E-state index in [1.807, 2.05) is 18.2 Å². The van der Waals surface area contributed by atoms with E-state index in [2.05, 4.69) is 41.2 Å². The Balaban J connectivity index is 2.10. The minimum absolute atomic E-state index is 0.179. The third-order valence-electron chi connectivity index (χ3n) is 3.58. The van der Waals surface area contributed by atoms with Crippen LogP contribution in [-0.2, 0) is 6.42 Å². The third kappa shape index (κ3) is 2.28. The molecule has 3 heteroatoms. The first kappa shape index (κ1) is 12.8. The Morgan fingerprint density at radius 2 is 1.85 bits per heavy atom. The van der Waals surface area contributed by atoms with Gasteiger partial charge in [-0.25, -0.2) is 0 Å². The van der Waals surface area contributed by atoms with Crippen LogP contribution in [0.1, 0.15) is 29.7 Å². The SMILES string of the molecule is CCc1cccc(C(N)c2cccc3nccnc23)c1. The van der Waals surface area contributed by atoms with Crippen molar-refractivity contribution in [3.05, 3.63) is 71.5 Å². The number of fused-ring (bicyclic) bond motifs is 1. The molecule has 0 spiro atoms. The van der Waals surface area contributed by atoms with Crippen molar-refractivity contribution in [3.8, 4) is 0 Å². The molecule has 100 valence electrons. The Morgan fingerprint density at radius 3 is 2.70 bits per heavy atom. The summed E-state index contributed by atoms with van der Waals surface area (Å²) in [5.74, 6) is 0. The van der Waals surface area contributed by atoms with Crippen LogP contribution in [0.5, 0.6) is 0 Å². The Bertz CT molecular complexity index is 732. The lowest BCUT2D eigenvalue weighted by Gasteiger charge is -2.15. The molecule has 0 bridgehead atoms. The summed E-state index contributed by atoms with van der Waals surface area (Å²) in [5, 5.41) is 0. The molecule has 0 aliphatic heterocycles. The maximum atomic E-state index is 6.44. The van der Waals surface area contributed by atoms with Crippen LogP contribution in [-0.4, -0.2) is 9.97 Å². The maximum Gasteiger partial charge on any atom is 0.0937 e. The normalized spacial score (nSPS) is 12.5. The van der Waals surface area contributed by atoms with Crippen molar-refractivity contribution in [2.45, 2.75) is 19.4 Å². The van der Waals surface area contributed by atoms with Gasteiger partial charge in [0.2, 0.25) is 0 Å². The number of aromatic nitrogens is 2. The predicted octanol–water partition coefficient (Wildman–Crippen LogP) is 3.24. The van der Waals surface area contributed by atoms with Crippen molar-refractivity contribution in [3.63, 3.8) is 0 Å². The molecule has 3 nitrogen and oxygen atoms in total. The largest absolute Gasteiger partial charge is 0.320 e. The van der Waals surface area contributed by atoms with Crippen LogP contribution in [0.25, 0.3) is 11.0 Å². The van der Waals surface area contributed by atoms with Crippen LogP contribution in [0.4, 0.5) is 0 Å². The summed E-state index contributed by atoms with van der Waals surface area (Å²) in [7, 11) is 0. The second-order valence-electron chi connectivity index (χ2n) is 4.85. The highest BCUT2D eigenvalue weighted by molar-refractivity contribution is 5.78. The predicted molar refractivity (Wildman–Crippen MR) is 81.4 cm³/mol. The molecular weight excluding hydrogens is 246 g/mol. The number of nitrogens with zero attached hydrogens (tertiary/aromatic N) is 2. The summed E-state index contributed by atoms with van der Waals surface area (Å²) in [5.41, 5.74) is 11.6. The van der Waals surface area contributed by atoms with E-state index in [1.54, 1.807) is 12.4 Å². The standard InChI is InChI=1S/C17H17N3/c1-2-12-5-3-6-13(11-12)16(18)14-7-4-8-15-17(14)20-10-9-19-15/h3-11,16H,2,18H2,1H3. The zero-order valence-electron chi connectivity index (χ0n) is 11.5. The smallest absolute Gasteiger partial charge is 0.0937 e. The zero-order valence-corrected chi connectivity index (χ0v) is 11.5. The molecule has 1 aromatic heterocycles. The topological polar surface area (TPSA) is 51.8 Å². The summed E-state index contributed by atoms with van der Waals surface area (Å²) in [6.07, 6.45) is 4.42. The van der Waals surface area contributed by atoms with Crippen molar-refractivity contribution in [2.75, 3.05) is 0 Å². The molecule has 0 amide bonds. The highest BCUT2D eigenvalue weighted by Crippen LogP contribution is 2.25. The molecule has 3 rings (SSSR count). The van der Waals surface area contributed by atoms with Crippen molar-refractivity contribution >= 4 is 11.0 Å². The second kappa shape index (κ2) is 5.39. The molecule has 1 heterocycles. The van der Waals surface area contributed by atoms with E-state index in [9.17, 15) is 0 Å². The monoisotopic (exact) mass is 263 g/mol. The number of benzene rings is 2. The lowest BCUT2D eigenvalue weighted by atomic mass is 9.96. The number of aryl methyl sites for hydroxylation is 1. The average molecular weight is 263 g/mol. The summed E-state index contributed by atoms with van der Waals surface area (Å²) >= 11 is 0. The summed E-state index contributed by atoms with van der Waals surface area (Å²) in [6.45, 7) is 2.15. The van der Waals surface area contributed by atoms with E-state index in [4.69, 9.17) is 5.73 Å². The molecule has 2 aromatic carbocycles. The number of hydrogen-bond acceptors (Lipinski definition) is 3. The fourth-order valence-corrected chi connectivity index (χ4v) is 2.45. The molecule has 0 fully saturated rings. The maximum absolute atomic E-state index is 6.44. The van der Waals surface area contributed by atoms with Crippen LogP contribution in [0.2, 0.25) is 0 Å². The van der Waals surface area contributed by atoms with Gasteiger partial charge in [0.1, 0.15) is 0 Å². The van der Waals surface area contributed by atoms with Crippen LogP contribution in [0, 0.1) is 0 Å². The van der Waals surface area contributed by atoms with Crippen LogP contribution in [0.3, 0.4) is 0 Å². The van der Waals surface area contributed by atoms with Gasteiger partial charge in [-0.05, 0) is 23.6 Å². The van der Waals surface area contributed by atoms with Gasteiger partial charge in [-0.1, -0.05) is 43.3 Å². The second-order valence-corrected chi connectivity index (χ2v) is 4.85. The third-order valence-corrected chi connectivity index (χ3v) is 3.58. The van der Waals surface area contributed by atoms with Crippen molar-refractivity contribution in [1.29, 1.82) is 0 Å². The molecule has 0 saturated heterocycles. The minimum atomic E-state index is -0.179. The molecule has 3 aromatic rings. The number of para-hydroxylation sites is 1. The van der Waals surface area contributed by atoms with Gasteiger partial charge in [-0.2, -0.15) is 0 Å². The fourth-order valence-electron chi connectivity index (χ4n) is 2.45. The van der Waals surface area contributed by atoms with Crippen molar-refractivity contribution in [1.82, 2.24) is 9.97 Å². The van der Waals surface area contributed by atoms with Crippen molar-refractivity contribution in [2.24, 2.45) is 5.73 Å². The van der Waals surface area contributed by atoms with Crippen LogP contribution >= 0.6 is 0 Å². The van der Waals surface area contributed by atoms with Gasteiger partial charge in [-0.15, -0.1) is 0 Å². The molecule has 0 aliphatic rings. The molecule has 1 atom stereocenters. The van der Waals surface area contributed by atoms with Gasteiger partial charge in [0, 0.05) is 18.0 Å². The molecule has 0 aliphatic carbocycles. The Kier molecular flexibility index (Phi) is 3.44. The minimum Gasteiger partial charge on any atom is -0.320 e. The van der Waals surface area contributed by atoms with E-state index in [0.29, 0.717) is 0 Å². The number of rotatable bonds is 3. The fraction of sp³-hybridized carbons (Fsp3) is 0.176. The molecule has 0 radical (unpaired) electrons. The Morgan fingerprint density at radius 1 is 1.05 bits per heavy atom. The van der Waals surface area contributed by atoms with E-state index in [0.717, 1.165) is 28.6 Å². The van der Waals surface area contributed by atoms with Gasteiger partial charge >= 0.3 is 0 Å². The molecule has 2 N–H and O–H groups in total. The van der Waals surface area contributed by atoms with E-state index in [-0.39, 0.29) is 6.04 Å². The van der Waals surface area contributed by atoms with Gasteiger partial charge < -0.3 is 5.73 Å². The number of hydrogen-bond donors (Lipinski definition) is 1. The highest BCUT2D eigenvalue weighted by atomic mass is 14.8. The van der Waals surface area contributed by atoms with Crippen LogP contribution in [0.15, 0.2) is 54.9 Å². The van der Waals surface area contributed by atoms with Crippen LogP contribution < -0.4 is 5.73 Å². The molecule has 20 heavy (non-hydrogen) atoms. The summed E-state index contributed by atoms with van der Waals surface area (Å²) in [6, 6.07) is 14.2. The van der Waals surface area contributed by atoms with Gasteiger partial charge in [0.15, 0.2) is 0 Å². The first-order valence-corrected chi connectivity index (χ1v) is 6.83. The van der Waals surface area contributed by atoms with Gasteiger partial charge in [0.05, 0.1) is 17.1 Å². The van der Waals surface area contributed by atoms with E-state index >= 15 is 0 Å². The number of nitrogens with two attached hydrogens (primary N) is 1.